The highest BCUT2D eigenvalue weighted by Crippen LogP contribution is 2.25. The van der Waals surface area contributed by atoms with Gasteiger partial charge in [0.15, 0.2) is 0 Å². The first-order valence-electron chi connectivity index (χ1n) is 8.63. The van der Waals surface area contributed by atoms with E-state index in [9.17, 15) is 13.2 Å². The molecule has 6 nitrogen and oxygen atoms in total. The summed E-state index contributed by atoms with van der Waals surface area (Å²) in [7, 11) is -3.84. The van der Waals surface area contributed by atoms with E-state index in [0.717, 1.165) is 25.7 Å². The van der Waals surface area contributed by atoms with Gasteiger partial charge in [-0.15, -0.1) is 0 Å². The molecule has 4 N–H and O–H groups in total. The number of carbonyl (C=O) groups excluding carboxylic acids is 1. The fourth-order valence-electron chi connectivity index (χ4n) is 2.95. The average molecular weight is 353 g/mol. The lowest BCUT2D eigenvalue weighted by atomic mass is 9.95. The number of nitrogens with two attached hydrogens (primary N) is 1. The molecule has 0 spiro atoms. The molecule has 1 aliphatic rings. The van der Waals surface area contributed by atoms with Crippen LogP contribution in [0.2, 0.25) is 0 Å². The summed E-state index contributed by atoms with van der Waals surface area (Å²) in [6, 6.07) is 4.77. The second kappa shape index (κ2) is 8.48. The average Bonchev–Trinajstić information content (AvgIpc) is 2.55. The van der Waals surface area contributed by atoms with E-state index in [1.807, 2.05) is 6.92 Å². The molecule has 0 aromatic heterocycles. The monoisotopic (exact) mass is 353 g/mol. The van der Waals surface area contributed by atoms with E-state index in [4.69, 9.17) is 5.14 Å². The lowest BCUT2D eigenvalue weighted by molar-refractivity contribution is 0.0953. The Hall–Kier alpha value is -1.60. The normalized spacial score (nSPS) is 15.9. The minimum atomic E-state index is -3.84. The van der Waals surface area contributed by atoms with Crippen molar-refractivity contribution in [1.82, 2.24) is 5.32 Å². The first-order chi connectivity index (χ1) is 11.4. The Bertz CT molecular complexity index is 668. The van der Waals surface area contributed by atoms with Crippen LogP contribution in [0.3, 0.4) is 0 Å². The Morgan fingerprint density at radius 3 is 2.58 bits per heavy atom. The van der Waals surface area contributed by atoms with Crippen molar-refractivity contribution in [1.29, 1.82) is 0 Å². The molecule has 0 aliphatic heterocycles. The number of rotatable bonds is 7. The molecule has 0 bridgehead atoms. The molecule has 0 heterocycles. The van der Waals surface area contributed by atoms with Crippen LogP contribution in [-0.2, 0) is 10.0 Å². The van der Waals surface area contributed by atoms with Gasteiger partial charge in [0.2, 0.25) is 10.0 Å². The van der Waals surface area contributed by atoms with Gasteiger partial charge in [-0.05, 0) is 37.5 Å². The molecule has 1 aliphatic carbocycles. The summed E-state index contributed by atoms with van der Waals surface area (Å²) in [5.74, 6) is -0.271. The van der Waals surface area contributed by atoms with Crippen molar-refractivity contribution in [2.45, 2.75) is 62.8 Å². The van der Waals surface area contributed by atoms with Gasteiger partial charge in [-0.2, -0.15) is 0 Å². The Morgan fingerprint density at radius 1 is 1.25 bits per heavy atom. The topological polar surface area (TPSA) is 101 Å². The van der Waals surface area contributed by atoms with E-state index < -0.39 is 10.0 Å². The summed E-state index contributed by atoms with van der Waals surface area (Å²) in [5.41, 5.74) is 1.01. The molecular formula is C17H27N3O3S. The summed E-state index contributed by atoms with van der Waals surface area (Å²) in [5, 5.41) is 11.4. The van der Waals surface area contributed by atoms with Crippen LogP contribution < -0.4 is 15.8 Å². The van der Waals surface area contributed by atoms with E-state index in [1.165, 1.54) is 31.4 Å². The van der Waals surface area contributed by atoms with Gasteiger partial charge in [0, 0.05) is 18.3 Å². The van der Waals surface area contributed by atoms with Gasteiger partial charge in [0.1, 0.15) is 0 Å². The van der Waals surface area contributed by atoms with Crippen LogP contribution in [-0.4, -0.2) is 26.9 Å². The zero-order valence-corrected chi connectivity index (χ0v) is 15.0. The van der Waals surface area contributed by atoms with Crippen LogP contribution >= 0.6 is 0 Å². The van der Waals surface area contributed by atoms with Crippen LogP contribution in [0.25, 0.3) is 0 Å². The third-order valence-electron chi connectivity index (χ3n) is 4.34. The van der Waals surface area contributed by atoms with Crippen molar-refractivity contribution in [3.8, 4) is 0 Å². The van der Waals surface area contributed by atoms with E-state index >= 15 is 0 Å². The molecule has 24 heavy (non-hydrogen) atoms. The Morgan fingerprint density at radius 2 is 1.96 bits per heavy atom. The smallest absolute Gasteiger partial charge is 0.253 e. The van der Waals surface area contributed by atoms with E-state index in [0.29, 0.717) is 23.8 Å². The Balaban J connectivity index is 2.25. The van der Waals surface area contributed by atoms with Crippen molar-refractivity contribution in [3.63, 3.8) is 0 Å². The van der Waals surface area contributed by atoms with Crippen molar-refractivity contribution in [2.24, 2.45) is 5.14 Å². The first kappa shape index (κ1) is 18.7. The molecule has 0 radical (unpaired) electrons. The number of hydrogen-bond donors (Lipinski definition) is 3. The van der Waals surface area contributed by atoms with Gasteiger partial charge < -0.3 is 10.6 Å². The summed E-state index contributed by atoms with van der Waals surface area (Å²) in [4.78, 5) is 12.4. The minimum absolute atomic E-state index is 0.0441. The number of carbonyl (C=O) groups is 1. The van der Waals surface area contributed by atoms with Crippen LogP contribution in [0, 0.1) is 0 Å². The number of unbranched alkanes of at least 4 members (excludes halogenated alkanes) is 1. The van der Waals surface area contributed by atoms with Gasteiger partial charge in [-0.25, -0.2) is 13.6 Å². The summed E-state index contributed by atoms with van der Waals surface area (Å²) < 4.78 is 23.2. The molecular weight excluding hydrogens is 326 g/mol. The van der Waals surface area contributed by atoms with E-state index in [1.54, 1.807) is 6.07 Å². The first-order valence-corrected chi connectivity index (χ1v) is 10.2. The summed E-state index contributed by atoms with van der Waals surface area (Å²) in [6.45, 7) is 2.61. The zero-order chi connectivity index (χ0) is 17.6. The van der Waals surface area contributed by atoms with Crippen molar-refractivity contribution in [3.05, 3.63) is 23.8 Å². The molecule has 1 aromatic carbocycles. The highest BCUT2D eigenvalue weighted by molar-refractivity contribution is 7.89. The third-order valence-corrected chi connectivity index (χ3v) is 5.26. The highest BCUT2D eigenvalue weighted by Gasteiger charge is 2.19. The van der Waals surface area contributed by atoms with Crippen molar-refractivity contribution >= 4 is 21.6 Å². The second-order valence-electron chi connectivity index (χ2n) is 6.34. The molecule has 1 amide bonds. The van der Waals surface area contributed by atoms with Crippen molar-refractivity contribution in [2.75, 3.05) is 11.9 Å². The fourth-order valence-corrected chi connectivity index (χ4v) is 3.49. The summed E-state index contributed by atoms with van der Waals surface area (Å²) in [6.07, 6.45) is 7.57. The van der Waals surface area contributed by atoms with E-state index in [-0.39, 0.29) is 10.8 Å². The maximum Gasteiger partial charge on any atom is 0.253 e. The molecule has 134 valence electrons. The standard InChI is InChI=1S/C17H27N3O3S/c1-2-3-11-19-17(21)15-12-14(24(18,22)23)9-10-16(15)20-13-7-5-4-6-8-13/h9-10,12-13,20H,2-8,11H2,1H3,(H,19,21)(H2,18,22,23). The quantitative estimate of drug-likeness (QED) is 0.656. The SMILES string of the molecule is CCCCNC(=O)c1cc(S(N)(=O)=O)ccc1NC1CCCCC1. The van der Waals surface area contributed by atoms with Crippen LogP contribution in [0.1, 0.15) is 62.2 Å². The number of hydrogen-bond acceptors (Lipinski definition) is 4. The zero-order valence-electron chi connectivity index (χ0n) is 14.2. The predicted molar refractivity (Wildman–Crippen MR) is 95.6 cm³/mol. The van der Waals surface area contributed by atoms with Gasteiger partial charge in [0.05, 0.1) is 10.5 Å². The number of nitrogens with one attached hydrogen (secondary N) is 2. The number of primary sulfonamides is 1. The number of anilines is 1. The largest absolute Gasteiger partial charge is 0.382 e. The number of amides is 1. The minimum Gasteiger partial charge on any atom is -0.382 e. The third kappa shape index (κ3) is 5.21. The van der Waals surface area contributed by atoms with Gasteiger partial charge in [-0.3, -0.25) is 4.79 Å². The van der Waals surface area contributed by atoms with Crippen LogP contribution in [0.4, 0.5) is 5.69 Å². The van der Waals surface area contributed by atoms with E-state index in [2.05, 4.69) is 10.6 Å². The second-order valence-corrected chi connectivity index (χ2v) is 7.90. The fraction of sp³-hybridized carbons (Fsp3) is 0.588. The van der Waals surface area contributed by atoms with Crippen LogP contribution in [0.5, 0.6) is 0 Å². The molecule has 1 aromatic rings. The molecule has 1 fully saturated rings. The molecule has 7 heteroatoms. The predicted octanol–water partition coefficient (Wildman–Crippen LogP) is 2.61. The lowest BCUT2D eigenvalue weighted by Gasteiger charge is -2.25. The van der Waals surface area contributed by atoms with Crippen LogP contribution in [0.15, 0.2) is 23.1 Å². The van der Waals surface area contributed by atoms with Gasteiger partial charge in [0.25, 0.3) is 5.91 Å². The molecule has 0 saturated heterocycles. The highest BCUT2D eigenvalue weighted by atomic mass is 32.2. The molecule has 2 rings (SSSR count). The van der Waals surface area contributed by atoms with Gasteiger partial charge >= 0.3 is 0 Å². The maximum atomic E-state index is 12.5. The number of sulfonamides is 1. The molecule has 1 saturated carbocycles. The van der Waals surface area contributed by atoms with Crippen molar-refractivity contribution < 1.29 is 13.2 Å². The molecule has 0 unspecified atom stereocenters. The Labute approximate surface area is 144 Å². The lowest BCUT2D eigenvalue weighted by Crippen LogP contribution is -2.28. The summed E-state index contributed by atoms with van der Waals surface area (Å²) >= 11 is 0. The number of benzene rings is 1. The maximum absolute atomic E-state index is 12.5. The molecule has 0 atom stereocenters. The van der Waals surface area contributed by atoms with Gasteiger partial charge in [-0.1, -0.05) is 32.6 Å². The Kier molecular flexibility index (Phi) is 6.62.